The van der Waals surface area contributed by atoms with Gasteiger partial charge in [-0.2, -0.15) is 0 Å². The van der Waals surface area contributed by atoms with E-state index in [1.165, 1.54) is 22.8 Å². The van der Waals surface area contributed by atoms with Gasteiger partial charge in [0.2, 0.25) is 5.91 Å². The number of rotatable bonds is 8. The number of pyridine rings is 1. The molecule has 1 heterocycles. The third kappa shape index (κ3) is 6.60. The number of benzene rings is 1. The van der Waals surface area contributed by atoms with E-state index in [1.54, 1.807) is 24.4 Å². The van der Waals surface area contributed by atoms with Crippen LogP contribution in [0.4, 0.5) is 5.69 Å². The summed E-state index contributed by atoms with van der Waals surface area (Å²) >= 11 is 0. The second kappa shape index (κ2) is 9.68. The molecule has 2 aromatic rings. The Morgan fingerprint density at radius 1 is 1.07 bits per heavy atom. The van der Waals surface area contributed by atoms with Crippen molar-refractivity contribution in [3.05, 3.63) is 64.1 Å². The fourth-order valence-corrected chi connectivity index (χ4v) is 2.77. The van der Waals surface area contributed by atoms with Crippen LogP contribution in [0.25, 0.3) is 0 Å². The van der Waals surface area contributed by atoms with Crippen molar-refractivity contribution in [1.29, 1.82) is 0 Å². The van der Waals surface area contributed by atoms with E-state index in [0.717, 1.165) is 5.56 Å². The summed E-state index contributed by atoms with van der Waals surface area (Å²) in [6.45, 7) is 5.46. The molecule has 3 N–H and O–H groups in total. The van der Waals surface area contributed by atoms with E-state index in [1.807, 2.05) is 20.8 Å². The van der Waals surface area contributed by atoms with E-state index >= 15 is 0 Å². The van der Waals surface area contributed by atoms with E-state index in [-0.39, 0.29) is 29.5 Å². The molecule has 0 radical (unpaired) electrons. The highest BCUT2D eigenvalue weighted by atomic mass is 16.4. The Bertz CT molecular complexity index is 948. The molecular weight excluding hydrogens is 374 g/mol. The minimum Gasteiger partial charge on any atom is -0.480 e. The second-order valence-corrected chi connectivity index (χ2v) is 7.29. The molecule has 0 fully saturated rings. The molecule has 0 saturated carbocycles. The maximum Gasteiger partial charge on any atom is 0.326 e. The lowest BCUT2D eigenvalue weighted by atomic mass is 10.0. The molecule has 0 aliphatic heterocycles. The predicted molar refractivity (Wildman–Crippen MR) is 109 cm³/mol. The van der Waals surface area contributed by atoms with Crippen molar-refractivity contribution < 1.29 is 19.5 Å². The van der Waals surface area contributed by atoms with Crippen molar-refractivity contribution in [1.82, 2.24) is 9.88 Å². The average Bonchev–Trinajstić information content (AvgIpc) is 2.64. The Morgan fingerprint density at radius 2 is 1.72 bits per heavy atom. The van der Waals surface area contributed by atoms with E-state index < -0.39 is 17.9 Å². The minimum atomic E-state index is -1.08. The molecular formula is C21H25N3O5. The summed E-state index contributed by atoms with van der Waals surface area (Å²) in [5.74, 6) is -1.84. The normalized spacial score (nSPS) is 11.7. The Labute approximate surface area is 168 Å². The lowest BCUT2D eigenvalue weighted by Gasteiger charge is -2.16. The number of amides is 2. The van der Waals surface area contributed by atoms with Crippen LogP contribution in [0.15, 0.2) is 47.4 Å². The van der Waals surface area contributed by atoms with Gasteiger partial charge in [0.05, 0.1) is 0 Å². The third-order valence-corrected chi connectivity index (χ3v) is 4.19. The number of carbonyl (C=O) groups is 3. The molecule has 0 aliphatic rings. The summed E-state index contributed by atoms with van der Waals surface area (Å²) in [5.41, 5.74) is 1.34. The van der Waals surface area contributed by atoms with E-state index in [2.05, 4.69) is 10.6 Å². The SMILES string of the molecule is Cc1ccc(=O)n(CC(=O)Nc2ccc(C(=O)NC(CC(C)C)C(=O)O)cc2)c1. The number of carbonyl (C=O) groups excluding carboxylic acids is 2. The van der Waals surface area contributed by atoms with Gasteiger partial charge < -0.3 is 20.3 Å². The molecule has 2 rings (SSSR count). The van der Waals surface area contributed by atoms with E-state index in [0.29, 0.717) is 12.1 Å². The van der Waals surface area contributed by atoms with Crippen LogP contribution in [-0.2, 0) is 16.1 Å². The van der Waals surface area contributed by atoms with Crippen molar-refractivity contribution >= 4 is 23.5 Å². The molecule has 1 unspecified atom stereocenters. The molecule has 2 amide bonds. The summed E-state index contributed by atoms with van der Waals surface area (Å²) < 4.78 is 1.31. The van der Waals surface area contributed by atoms with Crippen LogP contribution in [-0.4, -0.2) is 33.5 Å². The molecule has 8 heteroatoms. The number of hydrogen-bond donors (Lipinski definition) is 3. The first kappa shape index (κ1) is 21.9. The highest BCUT2D eigenvalue weighted by Gasteiger charge is 2.21. The van der Waals surface area contributed by atoms with Crippen LogP contribution in [0, 0.1) is 12.8 Å². The van der Waals surface area contributed by atoms with Crippen molar-refractivity contribution in [2.45, 2.75) is 39.8 Å². The van der Waals surface area contributed by atoms with Gasteiger partial charge in [-0.05, 0) is 49.1 Å². The lowest BCUT2D eigenvalue weighted by Crippen LogP contribution is -2.41. The quantitative estimate of drug-likeness (QED) is 0.628. The number of carboxylic acids is 1. The number of nitrogens with one attached hydrogen (secondary N) is 2. The van der Waals surface area contributed by atoms with Gasteiger partial charge >= 0.3 is 5.97 Å². The zero-order valence-electron chi connectivity index (χ0n) is 16.6. The number of anilines is 1. The molecule has 1 atom stereocenters. The first-order chi connectivity index (χ1) is 13.7. The highest BCUT2D eigenvalue weighted by molar-refractivity contribution is 5.97. The summed E-state index contributed by atoms with van der Waals surface area (Å²) in [6.07, 6.45) is 1.93. The summed E-state index contributed by atoms with van der Waals surface area (Å²) in [7, 11) is 0. The number of hydrogen-bond acceptors (Lipinski definition) is 4. The Balaban J connectivity index is 1.99. The highest BCUT2D eigenvalue weighted by Crippen LogP contribution is 2.11. The summed E-state index contributed by atoms with van der Waals surface area (Å²) in [6, 6.07) is 8.20. The first-order valence-electron chi connectivity index (χ1n) is 9.26. The molecule has 1 aromatic carbocycles. The van der Waals surface area contributed by atoms with Gasteiger partial charge in [-0.3, -0.25) is 14.4 Å². The van der Waals surface area contributed by atoms with E-state index in [4.69, 9.17) is 0 Å². The number of nitrogens with zero attached hydrogens (tertiary/aromatic N) is 1. The molecule has 0 aliphatic carbocycles. The molecule has 0 saturated heterocycles. The van der Waals surface area contributed by atoms with Crippen molar-refractivity contribution in [3.63, 3.8) is 0 Å². The van der Waals surface area contributed by atoms with Crippen LogP contribution < -0.4 is 16.2 Å². The predicted octanol–water partition coefficient (Wildman–Crippen LogP) is 2.02. The van der Waals surface area contributed by atoms with Crippen molar-refractivity contribution in [3.8, 4) is 0 Å². The van der Waals surface area contributed by atoms with E-state index in [9.17, 15) is 24.3 Å². The lowest BCUT2D eigenvalue weighted by molar-refractivity contribution is -0.139. The molecule has 0 spiro atoms. The second-order valence-electron chi connectivity index (χ2n) is 7.29. The van der Waals surface area contributed by atoms with Gasteiger partial charge in [-0.1, -0.05) is 19.9 Å². The van der Waals surface area contributed by atoms with Crippen LogP contribution >= 0.6 is 0 Å². The zero-order valence-corrected chi connectivity index (χ0v) is 16.6. The number of aromatic nitrogens is 1. The maximum absolute atomic E-state index is 12.3. The van der Waals surface area contributed by atoms with Gasteiger partial charge in [0.25, 0.3) is 11.5 Å². The largest absolute Gasteiger partial charge is 0.480 e. The summed E-state index contributed by atoms with van der Waals surface area (Å²) in [5, 5.41) is 14.4. The van der Waals surface area contributed by atoms with Gasteiger partial charge in [0.1, 0.15) is 12.6 Å². The van der Waals surface area contributed by atoms with Crippen molar-refractivity contribution in [2.75, 3.05) is 5.32 Å². The standard InChI is InChI=1S/C21H25N3O5/c1-13(2)10-17(21(28)29)23-20(27)15-5-7-16(8-6-15)22-18(25)12-24-11-14(3)4-9-19(24)26/h4-9,11,13,17H,10,12H2,1-3H3,(H,22,25)(H,23,27)(H,28,29). The van der Waals surface area contributed by atoms with Gasteiger partial charge in [0, 0.05) is 23.5 Å². The minimum absolute atomic E-state index is 0.120. The average molecular weight is 399 g/mol. The topological polar surface area (TPSA) is 118 Å². The Morgan fingerprint density at radius 3 is 2.31 bits per heavy atom. The smallest absolute Gasteiger partial charge is 0.326 e. The van der Waals surface area contributed by atoms with Crippen LogP contribution in [0.3, 0.4) is 0 Å². The molecule has 1 aromatic heterocycles. The monoisotopic (exact) mass is 399 g/mol. The Hall–Kier alpha value is -3.42. The number of aryl methyl sites for hydroxylation is 1. The zero-order chi connectivity index (χ0) is 21.6. The van der Waals surface area contributed by atoms with Crippen LogP contribution in [0.1, 0.15) is 36.2 Å². The van der Waals surface area contributed by atoms with Crippen LogP contribution in [0.5, 0.6) is 0 Å². The van der Waals surface area contributed by atoms with Crippen molar-refractivity contribution in [2.24, 2.45) is 5.92 Å². The summed E-state index contributed by atoms with van der Waals surface area (Å²) in [4.78, 5) is 47.5. The van der Waals surface area contributed by atoms with Crippen LogP contribution in [0.2, 0.25) is 0 Å². The van der Waals surface area contributed by atoms with Gasteiger partial charge in [-0.15, -0.1) is 0 Å². The molecule has 154 valence electrons. The first-order valence-corrected chi connectivity index (χ1v) is 9.26. The molecule has 29 heavy (non-hydrogen) atoms. The number of carboxylic acid groups (broad SMARTS) is 1. The van der Waals surface area contributed by atoms with Gasteiger partial charge in [-0.25, -0.2) is 4.79 Å². The third-order valence-electron chi connectivity index (χ3n) is 4.19. The fourth-order valence-electron chi connectivity index (χ4n) is 2.77. The maximum atomic E-state index is 12.3. The Kier molecular flexibility index (Phi) is 7.30. The molecule has 8 nitrogen and oxygen atoms in total. The van der Waals surface area contributed by atoms with Gasteiger partial charge in [0.15, 0.2) is 0 Å². The number of aliphatic carboxylic acids is 1. The molecule has 0 bridgehead atoms. The fraction of sp³-hybridized carbons (Fsp3) is 0.333.